The highest BCUT2D eigenvalue weighted by Gasteiger charge is 1.96. The number of rotatable bonds is 1. The van der Waals surface area contributed by atoms with Crippen molar-refractivity contribution in [3.8, 4) is 11.1 Å². The number of nitrogens with one attached hydrogen (secondary N) is 2. The van der Waals surface area contributed by atoms with Crippen molar-refractivity contribution in [2.75, 3.05) is 0 Å². The molecule has 0 fully saturated rings. The molecule has 0 aliphatic rings. The van der Waals surface area contributed by atoms with Crippen LogP contribution in [0.5, 0.6) is 0 Å². The van der Waals surface area contributed by atoms with Gasteiger partial charge >= 0.3 is 0 Å². The molecule has 0 unspecified atom stereocenters. The topological polar surface area (TPSA) is 57.4 Å². The Bertz CT molecular complexity index is 254. The predicted molar refractivity (Wildman–Crippen MR) is 43.4 cm³/mol. The molecule has 4 nitrogen and oxygen atoms in total. The SMILES string of the molecule is Cl.c1n[nH]cc1-c1cn[nH]c1. The van der Waals surface area contributed by atoms with Crippen molar-refractivity contribution in [2.45, 2.75) is 0 Å². The van der Waals surface area contributed by atoms with Crippen LogP contribution < -0.4 is 0 Å². The number of halogens is 1. The summed E-state index contributed by atoms with van der Waals surface area (Å²) in [5.74, 6) is 0. The fourth-order valence-corrected chi connectivity index (χ4v) is 0.818. The van der Waals surface area contributed by atoms with Crippen molar-refractivity contribution < 1.29 is 0 Å². The lowest BCUT2D eigenvalue weighted by Crippen LogP contribution is -1.63. The summed E-state index contributed by atoms with van der Waals surface area (Å²) in [6, 6.07) is 0. The number of nitrogens with zero attached hydrogens (tertiary/aromatic N) is 2. The fraction of sp³-hybridized carbons (Fsp3) is 0. The minimum atomic E-state index is 0. The van der Waals surface area contributed by atoms with E-state index in [1.807, 2.05) is 12.4 Å². The molecule has 2 aromatic heterocycles. The number of aromatic amines is 2. The number of H-pyrrole nitrogens is 2. The first kappa shape index (κ1) is 7.81. The molecule has 0 spiro atoms. The van der Waals surface area contributed by atoms with E-state index >= 15 is 0 Å². The lowest BCUT2D eigenvalue weighted by Gasteiger charge is -1.82. The second-order valence-electron chi connectivity index (χ2n) is 1.97. The highest BCUT2D eigenvalue weighted by atomic mass is 35.5. The van der Waals surface area contributed by atoms with Crippen molar-refractivity contribution in [1.82, 2.24) is 20.4 Å². The monoisotopic (exact) mass is 170 g/mol. The van der Waals surface area contributed by atoms with E-state index in [1.54, 1.807) is 12.4 Å². The van der Waals surface area contributed by atoms with Gasteiger partial charge in [0.1, 0.15) is 0 Å². The first-order chi connectivity index (χ1) is 4.97. The van der Waals surface area contributed by atoms with Crippen LogP contribution in [0.3, 0.4) is 0 Å². The second kappa shape index (κ2) is 3.21. The quantitative estimate of drug-likeness (QED) is 0.676. The lowest BCUT2D eigenvalue weighted by molar-refractivity contribution is 1.09. The van der Waals surface area contributed by atoms with E-state index in [2.05, 4.69) is 20.4 Å². The van der Waals surface area contributed by atoms with Gasteiger partial charge < -0.3 is 0 Å². The molecule has 5 heteroatoms. The molecule has 2 aromatic rings. The summed E-state index contributed by atoms with van der Waals surface area (Å²) in [6.07, 6.45) is 7.16. The normalized spacial score (nSPS) is 9.09. The van der Waals surface area contributed by atoms with E-state index in [9.17, 15) is 0 Å². The fourth-order valence-electron chi connectivity index (χ4n) is 0.818. The van der Waals surface area contributed by atoms with Gasteiger partial charge in [-0.1, -0.05) is 0 Å². The van der Waals surface area contributed by atoms with E-state index in [4.69, 9.17) is 0 Å². The Morgan fingerprint density at radius 3 is 1.64 bits per heavy atom. The maximum Gasteiger partial charge on any atom is 0.0566 e. The Hall–Kier alpha value is -1.29. The van der Waals surface area contributed by atoms with E-state index in [0.717, 1.165) is 11.1 Å². The minimum absolute atomic E-state index is 0. The maximum atomic E-state index is 3.81. The highest BCUT2D eigenvalue weighted by Crippen LogP contribution is 2.13. The first-order valence-corrected chi connectivity index (χ1v) is 2.95. The standard InChI is InChI=1S/C6H6N4.ClH/c1-5(2-8-7-1)6-3-9-10-4-6;/h1-4H,(H,7,8)(H,9,10);1H. The molecule has 0 atom stereocenters. The van der Waals surface area contributed by atoms with Gasteiger partial charge in [0.25, 0.3) is 0 Å². The molecule has 0 saturated heterocycles. The Morgan fingerprint density at radius 1 is 0.909 bits per heavy atom. The Kier molecular flexibility index (Phi) is 2.28. The molecule has 2 N–H and O–H groups in total. The summed E-state index contributed by atoms with van der Waals surface area (Å²) in [4.78, 5) is 0. The average molecular weight is 171 g/mol. The highest BCUT2D eigenvalue weighted by molar-refractivity contribution is 5.85. The van der Waals surface area contributed by atoms with Gasteiger partial charge in [-0.2, -0.15) is 10.2 Å². The third-order valence-corrected chi connectivity index (χ3v) is 1.33. The van der Waals surface area contributed by atoms with Crippen LogP contribution in [-0.2, 0) is 0 Å². The van der Waals surface area contributed by atoms with E-state index in [0.29, 0.717) is 0 Å². The van der Waals surface area contributed by atoms with Gasteiger partial charge in [0.2, 0.25) is 0 Å². The van der Waals surface area contributed by atoms with Crippen molar-refractivity contribution in [2.24, 2.45) is 0 Å². The average Bonchev–Trinajstić information content (AvgIpc) is 2.59. The van der Waals surface area contributed by atoms with Crippen LogP contribution in [0.4, 0.5) is 0 Å². The zero-order valence-corrected chi connectivity index (χ0v) is 6.43. The van der Waals surface area contributed by atoms with Crippen LogP contribution in [0.25, 0.3) is 11.1 Å². The Morgan fingerprint density at radius 2 is 1.36 bits per heavy atom. The summed E-state index contributed by atoms with van der Waals surface area (Å²) in [5, 5.41) is 13.1. The van der Waals surface area contributed by atoms with Gasteiger partial charge in [-0.25, -0.2) is 0 Å². The van der Waals surface area contributed by atoms with Crippen LogP contribution in [0.1, 0.15) is 0 Å². The van der Waals surface area contributed by atoms with Crippen LogP contribution in [0.15, 0.2) is 24.8 Å². The van der Waals surface area contributed by atoms with Crippen LogP contribution >= 0.6 is 12.4 Å². The molecule has 0 amide bonds. The Labute approximate surface area is 69.4 Å². The van der Waals surface area contributed by atoms with Gasteiger partial charge in [-0.05, 0) is 0 Å². The molecular formula is C6H7ClN4. The molecule has 2 rings (SSSR count). The van der Waals surface area contributed by atoms with Gasteiger partial charge in [0, 0.05) is 23.5 Å². The van der Waals surface area contributed by atoms with Gasteiger partial charge in [-0.3, -0.25) is 10.2 Å². The maximum absolute atomic E-state index is 3.81. The molecule has 2 heterocycles. The van der Waals surface area contributed by atoms with Gasteiger partial charge in [-0.15, -0.1) is 12.4 Å². The van der Waals surface area contributed by atoms with E-state index in [-0.39, 0.29) is 12.4 Å². The number of hydrogen-bond acceptors (Lipinski definition) is 2. The van der Waals surface area contributed by atoms with E-state index < -0.39 is 0 Å². The van der Waals surface area contributed by atoms with Crippen molar-refractivity contribution >= 4 is 12.4 Å². The van der Waals surface area contributed by atoms with Crippen LogP contribution in [-0.4, -0.2) is 20.4 Å². The summed E-state index contributed by atoms with van der Waals surface area (Å²) >= 11 is 0. The summed E-state index contributed by atoms with van der Waals surface area (Å²) in [7, 11) is 0. The predicted octanol–water partition coefficient (Wildman–Crippen LogP) is 1.22. The van der Waals surface area contributed by atoms with Gasteiger partial charge in [0.15, 0.2) is 0 Å². The lowest BCUT2D eigenvalue weighted by atomic mass is 10.2. The van der Waals surface area contributed by atoms with Crippen molar-refractivity contribution in [3.05, 3.63) is 24.8 Å². The van der Waals surface area contributed by atoms with Crippen LogP contribution in [0.2, 0.25) is 0 Å². The molecule has 58 valence electrons. The summed E-state index contributed by atoms with van der Waals surface area (Å²) < 4.78 is 0. The zero-order valence-electron chi connectivity index (χ0n) is 5.61. The third kappa shape index (κ3) is 1.40. The molecule has 0 saturated carbocycles. The Balaban J connectivity index is 0.000000605. The second-order valence-corrected chi connectivity index (χ2v) is 1.97. The zero-order chi connectivity index (χ0) is 6.81. The van der Waals surface area contributed by atoms with Crippen LogP contribution in [0, 0.1) is 0 Å². The largest absolute Gasteiger partial charge is 0.285 e. The molecule has 11 heavy (non-hydrogen) atoms. The minimum Gasteiger partial charge on any atom is -0.285 e. The molecule has 0 aliphatic heterocycles. The smallest absolute Gasteiger partial charge is 0.0566 e. The number of hydrogen-bond donors (Lipinski definition) is 2. The molecule has 0 radical (unpaired) electrons. The van der Waals surface area contributed by atoms with Crippen molar-refractivity contribution in [3.63, 3.8) is 0 Å². The molecular weight excluding hydrogens is 164 g/mol. The molecule has 0 bridgehead atoms. The molecule has 0 aromatic carbocycles. The number of aromatic nitrogens is 4. The van der Waals surface area contributed by atoms with Crippen molar-refractivity contribution in [1.29, 1.82) is 0 Å². The summed E-state index contributed by atoms with van der Waals surface area (Å²) in [5.41, 5.74) is 2.10. The third-order valence-electron chi connectivity index (χ3n) is 1.33. The summed E-state index contributed by atoms with van der Waals surface area (Å²) in [6.45, 7) is 0. The first-order valence-electron chi connectivity index (χ1n) is 2.95. The molecule has 0 aliphatic carbocycles. The van der Waals surface area contributed by atoms with Gasteiger partial charge in [0.05, 0.1) is 12.4 Å². The van der Waals surface area contributed by atoms with E-state index in [1.165, 1.54) is 0 Å².